The van der Waals surface area contributed by atoms with Crippen molar-refractivity contribution in [1.29, 1.82) is 0 Å². The van der Waals surface area contributed by atoms with Crippen LogP contribution < -0.4 is 15.5 Å². The molecule has 146 valence electrons. The van der Waals surface area contributed by atoms with Crippen LogP contribution in [0.1, 0.15) is 29.3 Å². The van der Waals surface area contributed by atoms with Gasteiger partial charge in [0.05, 0.1) is 30.6 Å². The van der Waals surface area contributed by atoms with Gasteiger partial charge in [0.2, 0.25) is 11.8 Å². The number of aryl methyl sites for hydroxylation is 1. The number of carbonyl (C=O) groups is 3. The Bertz CT molecular complexity index is 926. The molecule has 0 bridgehead atoms. The summed E-state index contributed by atoms with van der Waals surface area (Å²) in [5.41, 5.74) is 3.29. The summed E-state index contributed by atoms with van der Waals surface area (Å²) < 4.78 is 4.75. The van der Waals surface area contributed by atoms with Crippen molar-refractivity contribution in [2.45, 2.75) is 26.3 Å². The Morgan fingerprint density at radius 3 is 2.75 bits per heavy atom. The van der Waals surface area contributed by atoms with Gasteiger partial charge in [-0.1, -0.05) is 18.2 Å². The monoisotopic (exact) mass is 381 g/mol. The summed E-state index contributed by atoms with van der Waals surface area (Å²) in [6.07, 6.45) is 0.220. The summed E-state index contributed by atoms with van der Waals surface area (Å²) >= 11 is 0. The Hall–Kier alpha value is -3.35. The van der Waals surface area contributed by atoms with E-state index in [4.69, 9.17) is 4.74 Å². The first-order chi connectivity index (χ1) is 13.4. The molecule has 0 unspecified atom stereocenters. The molecule has 2 aromatic rings. The molecule has 1 heterocycles. The zero-order valence-corrected chi connectivity index (χ0v) is 16.1. The lowest BCUT2D eigenvalue weighted by Gasteiger charge is -2.28. The minimum atomic E-state index is -0.436. The fraction of sp³-hybridized carbons (Fsp3) is 0.286. The number of hydrogen-bond donors (Lipinski definition) is 2. The van der Waals surface area contributed by atoms with E-state index in [0.717, 1.165) is 5.56 Å². The van der Waals surface area contributed by atoms with E-state index in [1.54, 1.807) is 29.2 Å². The maximum absolute atomic E-state index is 13.0. The fourth-order valence-electron chi connectivity index (χ4n) is 3.28. The zero-order valence-electron chi connectivity index (χ0n) is 16.1. The highest BCUT2D eigenvalue weighted by atomic mass is 16.5. The maximum atomic E-state index is 13.0. The van der Waals surface area contributed by atoms with Crippen molar-refractivity contribution < 1.29 is 19.1 Å². The van der Waals surface area contributed by atoms with Crippen LogP contribution in [0.15, 0.2) is 42.5 Å². The van der Waals surface area contributed by atoms with E-state index in [9.17, 15) is 14.4 Å². The number of anilines is 3. The molecule has 1 aliphatic rings. The second-order valence-corrected chi connectivity index (χ2v) is 6.76. The number of rotatable bonds is 4. The van der Waals surface area contributed by atoms with Crippen LogP contribution in [0.25, 0.3) is 0 Å². The molecule has 0 saturated heterocycles. The van der Waals surface area contributed by atoms with Gasteiger partial charge in [0.1, 0.15) is 0 Å². The van der Waals surface area contributed by atoms with Gasteiger partial charge in [0.25, 0.3) is 0 Å². The predicted octanol–water partition coefficient (Wildman–Crippen LogP) is 2.96. The lowest BCUT2D eigenvalue weighted by atomic mass is 10.1. The Morgan fingerprint density at radius 1 is 1.25 bits per heavy atom. The van der Waals surface area contributed by atoms with Crippen molar-refractivity contribution in [3.05, 3.63) is 53.6 Å². The maximum Gasteiger partial charge on any atom is 0.337 e. The number of carbonyl (C=O) groups excluding carboxylic acids is 3. The van der Waals surface area contributed by atoms with Crippen molar-refractivity contribution in [2.75, 3.05) is 29.2 Å². The lowest BCUT2D eigenvalue weighted by Crippen LogP contribution is -2.42. The van der Waals surface area contributed by atoms with Crippen LogP contribution >= 0.6 is 0 Å². The van der Waals surface area contributed by atoms with Crippen LogP contribution in [0.3, 0.4) is 0 Å². The number of nitrogens with one attached hydrogen (secondary N) is 2. The molecule has 2 amide bonds. The third kappa shape index (κ3) is 3.98. The number of ether oxygens (including phenoxy) is 1. The molecule has 1 atom stereocenters. The van der Waals surface area contributed by atoms with E-state index in [1.807, 2.05) is 32.0 Å². The molecule has 7 heteroatoms. The zero-order chi connectivity index (χ0) is 20.3. The Labute approximate surface area is 163 Å². The Balaban J connectivity index is 1.81. The number of para-hydroxylation sites is 2. The van der Waals surface area contributed by atoms with Crippen LogP contribution in [-0.2, 0) is 14.3 Å². The van der Waals surface area contributed by atoms with E-state index in [0.29, 0.717) is 22.6 Å². The Kier molecular flexibility index (Phi) is 5.63. The third-order valence-electron chi connectivity index (χ3n) is 4.72. The number of hydrogen-bond acceptors (Lipinski definition) is 5. The SMILES string of the molecule is COC(=O)c1ccc(C)c(NCC(=O)N2c3ccccc3NC(=O)C[C@@H]2C)c1. The Morgan fingerprint density at radius 2 is 2.00 bits per heavy atom. The number of amides is 2. The van der Waals surface area contributed by atoms with Crippen molar-refractivity contribution in [3.63, 3.8) is 0 Å². The van der Waals surface area contributed by atoms with Gasteiger partial charge < -0.3 is 20.3 Å². The number of methoxy groups -OCH3 is 1. The van der Waals surface area contributed by atoms with Crippen molar-refractivity contribution in [1.82, 2.24) is 0 Å². The molecule has 0 fully saturated rings. The fourth-order valence-corrected chi connectivity index (χ4v) is 3.28. The molecule has 0 radical (unpaired) electrons. The van der Waals surface area contributed by atoms with Crippen LogP contribution in [0.4, 0.5) is 17.1 Å². The second kappa shape index (κ2) is 8.12. The first-order valence-corrected chi connectivity index (χ1v) is 9.04. The molecule has 28 heavy (non-hydrogen) atoms. The summed E-state index contributed by atoms with van der Waals surface area (Å²) in [7, 11) is 1.33. The van der Waals surface area contributed by atoms with Gasteiger partial charge in [-0.2, -0.15) is 0 Å². The molecular weight excluding hydrogens is 358 g/mol. The number of esters is 1. The van der Waals surface area contributed by atoms with Gasteiger partial charge in [-0.25, -0.2) is 4.79 Å². The van der Waals surface area contributed by atoms with Gasteiger partial charge in [-0.15, -0.1) is 0 Å². The van der Waals surface area contributed by atoms with Crippen LogP contribution in [0.5, 0.6) is 0 Å². The average molecular weight is 381 g/mol. The number of benzene rings is 2. The van der Waals surface area contributed by atoms with Crippen LogP contribution in [0, 0.1) is 6.92 Å². The van der Waals surface area contributed by atoms with Gasteiger partial charge in [0, 0.05) is 18.2 Å². The highest BCUT2D eigenvalue weighted by Gasteiger charge is 2.29. The number of fused-ring (bicyclic) bond motifs is 1. The normalized spacial score (nSPS) is 15.9. The lowest BCUT2D eigenvalue weighted by molar-refractivity contribution is -0.118. The van der Waals surface area contributed by atoms with Crippen LogP contribution in [0.2, 0.25) is 0 Å². The molecule has 3 rings (SSSR count). The highest BCUT2D eigenvalue weighted by Crippen LogP contribution is 2.31. The van der Waals surface area contributed by atoms with E-state index < -0.39 is 5.97 Å². The quantitative estimate of drug-likeness (QED) is 0.795. The summed E-state index contributed by atoms with van der Waals surface area (Å²) in [6, 6.07) is 12.1. The van der Waals surface area contributed by atoms with Crippen molar-refractivity contribution >= 4 is 34.8 Å². The van der Waals surface area contributed by atoms with Crippen LogP contribution in [-0.4, -0.2) is 37.5 Å². The molecule has 2 aromatic carbocycles. The van der Waals surface area contributed by atoms with E-state index >= 15 is 0 Å². The van der Waals surface area contributed by atoms with Crippen molar-refractivity contribution in [2.24, 2.45) is 0 Å². The summed E-state index contributed by atoms with van der Waals surface area (Å²) in [4.78, 5) is 38.5. The average Bonchev–Trinajstić information content (AvgIpc) is 2.80. The minimum Gasteiger partial charge on any atom is -0.465 e. The summed E-state index contributed by atoms with van der Waals surface area (Å²) in [5.74, 6) is -0.724. The first-order valence-electron chi connectivity index (χ1n) is 9.04. The van der Waals surface area contributed by atoms with Gasteiger partial charge >= 0.3 is 5.97 Å². The summed E-state index contributed by atoms with van der Waals surface area (Å²) in [5, 5.41) is 5.95. The van der Waals surface area contributed by atoms with Gasteiger partial charge in [0.15, 0.2) is 0 Å². The molecule has 2 N–H and O–H groups in total. The molecule has 0 spiro atoms. The first kappa shape index (κ1) is 19.4. The topological polar surface area (TPSA) is 87.7 Å². The third-order valence-corrected chi connectivity index (χ3v) is 4.72. The minimum absolute atomic E-state index is 0.0261. The molecule has 0 aromatic heterocycles. The van der Waals surface area contributed by atoms with Gasteiger partial charge in [-0.05, 0) is 43.7 Å². The number of nitrogens with zero attached hydrogens (tertiary/aromatic N) is 1. The van der Waals surface area contributed by atoms with E-state index in [1.165, 1.54) is 7.11 Å². The van der Waals surface area contributed by atoms with Gasteiger partial charge in [-0.3, -0.25) is 9.59 Å². The standard InChI is InChI=1S/C21H23N3O4/c1-13-8-9-15(21(27)28-3)11-17(13)22-12-20(26)24-14(2)10-19(25)23-16-6-4-5-7-18(16)24/h4-9,11,14,22H,10,12H2,1-3H3,(H,23,25)/t14-/m0/s1. The molecule has 0 saturated carbocycles. The van der Waals surface area contributed by atoms with E-state index in [-0.39, 0.29) is 30.8 Å². The van der Waals surface area contributed by atoms with Crippen molar-refractivity contribution in [3.8, 4) is 0 Å². The molecule has 7 nitrogen and oxygen atoms in total. The largest absolute Gasteiger partial charge is 0.465 e. The smallest absolute Gasteiger partial charge is 0.337 e. The summed E-state index contributed by atoms with van der Waals surface area (Å²) in [6.45, 7) is 3.77. The molecular formula is C21H23N3O4. The highest BCUT2D eigenvalue weighted by molar-refractivity contribution is 6.05. The molecule has 0 aliphatic carbocycles. The second-order valence-electron chi connectivity index (χ2n) is 6.76. The predicted molar refractivity (Wildman–Crippen MR) is 108 cm³/mol. The molecule has 1 aliphatic heterocycles. The van der Waals surface area contributed by atoms with E-state index in [2.05, 4.69) is 10.6 Å².